The second-order valence-corrected chi connectivity index (χ2v) is 9.78. The number of hydroxylamine groups is 1. The number of carbonyl (C=O) groups is 2. The molecule has 0 bridgehead atoms. The van der Waals surface area contributed by atoms with Crippen LogP contribution in [0.3, 0.4) is 0 Å². The van der Waals surface area contributed by atoms with Crippen molar-refractivity contribution in [2.75, 3.05) is 23.0 Å². The van der Waals surface area contributed by atoms with Crippen LogP contribution in [0.1, 0.15) is 43.3 Å². The molecule has 5 rings (SSSR count). The Hall–Kier alpha value is -4.83. The lowest BCUT2D eigenvalue weighted by molar-refractivity contribution is -0.127. The van der Waals surface area contributed by atoms with Crippen molar-refractivity contribution in [3.05, 3.63) is 66.7 Å². The predicted octanol–water partition coefficient (Wildman–Crippen LogP) is 2.64. The Kier molecular flexibility index (Phi) is 9.49. The summed E-state index contributed by atoms with van der Waals surface area (Å²) in [5.74, 6) is -1.68. The van der Waals surface area contributed by atoms with Gasteiger partial charge in [0.05, 0.1) is 18.0 Å². The van der Waals surface area contributed by atoms with Crippen LogP contribution in [0.15, 0.2) is 61.2 Å². The molecule has 0 saturated carbocycles. The molecule has 8 N–H and O–H groups in total. The van der Waals surface area contributed by atoms with Gasteiger partial charge in [-0.1, -0.05) is 18.2 Å². The number of benzene rings is 2. The van der Waals surface area contributed by atoms with Gasteiger partial charge in [0.2, 0.25) is 0 Å². The Morgan fingerprint density at radius 3 is 2.55 bits per heavy atom. The zero-order valence-corrected chi connectivity index (χ0v) is 22.9. The first kappa shape index (κ1) is 30.1. The number of urea groups is 1. The van der Waals surface area contributed by atoms with Crippen molar-refractivity contribution in [3.63, 3.8) is 0 Å². The molecule has 1 fully saturated rings. The maximum atomic E-state index is 12.4. The van der Waals surface area contributed by atoms with E-state index in [-0.39, 0.29) is 36.1 Å². The molecule has 2 aromatic heterocycles. The molecule has 3 amide bonds. The van der Waals surface area contributed by atoms with Crippen molar-refractivity contribution < 1.29 is 34.5 Å². The van der Waals surface area contributed by atoms with E-state index in [1.165, 1.54) is 26.2 Å². The Balaban J connectivity index is 0.000000748. The van der Waals surface area contributed by atoms with Gasteiger partial charge in [-0.2, -0.15) is 0 Å². The summed E-state index contributed by atoms with van der Waals surface area (Å²) < 4.78 is 13.7. The number of nitrogens with one attached hydrogen (secondary N) is 3. The average molecular weight is 581 g/mol. The molecule has 2 aromatic carbocycles. The monoisotopic (exact) mass is 580 g/mol. The molecule has 42 heavy (non-hydrogen) atoms. The summed E-state index contributed by atoms with van der Waals surface area (Å²) in [5, 5.41) is 30.6. The topological polar surface area (TPSA) is 219 Å². The number of ether oxygens (including phenoxy) is 2. The highest BCUT2D eigenvalue weighted by Crippen LogP contribution is 2.32. The molecular weight excluding hydrogens is 548 g/mol. The van der Waals surface area contributed by atoms with E-state index < -0.39 is 17.7 Å². The van der Waals surface area contributed by atoms with E-state index in [2.05, 4.69) is 25.6 Å². The normalized spacial score (nSPS) is 16.3. The molecule has 1 saturated heterocycles. The summed E-state index contributed by atoms with van der Waals surface area (Å²) in [6.07, 6.45) is 3.69. The number of nitrogens with zero attached hydrogens (tertiary/aromatic N) is 4. The molecule has 222 valence electrons. The number of rotatable bonds is 7. The Bertz CT molecular complexity index is 1520. The highest BCUT2D eigenvalue weighted by molar-refractivity contribution is 6.03. The maximum absolute atomic E-state index is 12.4. The van der Waals surface area contributed by atoms with Gasteiger partial charge in [-0.3, -0.25) is 19.9 Å². The number of hydrogen-bond acceptors (Lipinski definition) is 11. The zero-order chi connectivity index (χ0) is 30.3. The molecule has 2 unspecified atom stereocenters. The highest BCUT2D eigenvalue weighted by Gasteiger charge is 2.29. The number of fused-ring (bicyclic) bond motifs is 1. The molecule has 1 aliphatic rings. The van der Waals surface area contributed by atoms with Crippen molar-refractivity contribution >= 4 is 40.3 Å². The van der Waals surface area contributed by atoms with Gasteiger partial charge in [-0.15, -0.1) is 0 Å². The fourth-order valence-corrected chi connectivity index (χ4v) is 4.05. The van der Waals surface area contributed by atoms with E-state index in [9.17, 15) is 9.59 Å². The first-order valence-corrected chi connectivity index (χ1v) is 12.9. The molecule has 0 aliphatic carbocycles. The van der Waals surface area contributed by atoms with Crippen molar-refractivity contribution in [2.24, 2.45) is 0 Å². The molecule has 15 nitrogen and oxygen atoms in total. The minimum Gasteiger partial charge on any atom is -0.490 e. The van der Waals surface area contributed by atoms with Gasteiger partial charge in [-0.05, 0) is 57.0 Å². The first-order valence-electron chi connectivity index (χ1n) is 12.9. The number of hydrogen-bond donors (Lipinski definition) is 7. The second kappa shape index (κ2) is 13.2. The quantitative estimate of drug-likeness (QED) is 0.0729. The smallest absolute Gasteiger partial charge is 0.324 e. The van der Waals surface area contributed by atoms with Crippen molar-refractivity contribution in [1.29, 1.82) is 0 Å². The lowest BCUT2D eigenvalue weighted by atomic mass is 10.1. The van der Waals surface area contributed by atoms with Crippen LogP contribution in [-0.4, -0.2) is 65.4 Å². The number of carbonyl (C=O) groups excluding carboxylic acids is 2. The molecule has 0 spiro atoms. The first-order chi connectivity index (χ1) is 20.0. The summed E-state index contributed by atoms with van der Waals surface area (Å²) in [5.41, 5.74) is 9.39. The number of amides is 3. The fourth-order valence-electron chi connectivity index (χ4n) is 4.05. The van der Waals surface area contributed by atoms with Gasteiger partial charge in [0.1, 0.15) is 24.9 Å². The van der Waals surface area contributed by atoms with Crippen molar-refractivity contribution in [3.8, 4) is 5.75 Å². The van der Waals surface area contributed by atoms with Crippen LogP contribution in [0.5, 0.6) is 5.75 Å². The van der Waals surface area contributed by atoms with Crippen LogP contribution in [0, 0.1) is 0 Å². The van der Waals surface area contributed by atoms with Gasteiger partial charge >= 0.3 is 6.03 Å². The third-order valence-corrected chi connectivity index (χ3v) is 5.79. The average Bonchev–Trinajstić information content (AvgIpc) is 3.59. The fraction of sp³-hybridized carbons (Fsp3) is 0.296. The largest absolute Gasteiger partial charge is 0.490 e. The third-order valence-electron chi connectivity index (χ3n) is 5.79. The third kappa shape index (κ3) is 8.11. The minimum absolute atomic E-state index is 0.116. The van der Waals surface area contributed by atoms with Crippen LogP contribution < -0.4 is 26.6 Å². The Labute approximate surface area is 240 Å². The molecular formula is C27H32N8O7. The van der Waals surface area contributed by atoms with Crippen molar-refractivity contribution in [1.82, 2.24) is 25.0 Å². The Morgan fingerprint density at radius 2 is 1.83 bits per heavy atom. The summed E-state index contributed by atoms with van der Waals surface area (Å²) in [7, 11) is 0. The van der Waals surface area contributed by atoms with Gasteiger partial charge in [-0.25, -0.2) is 25.2 Å². The van der Waals surface area contributed by atoms with E-state index >= 15 is 0 Å². The SMILES string of the molecule is CC(C)(O)O.Nc1ccc(OCC2CCC(n3cnc4c(NC(=O)Nc5ccccc5)ncnc43)O2)c(C(=O)NO)c1. The minimum atomic E-state index is -1.50. The van der Waals surface area contributed by atoms with Crippen molar-refractivity contribution in [2.45, 2.75) is 44.8 Å². The Morgan fingerprint density at radius 1 is 1.10 bits per heavy atom. The number of nitrogen functional groups attached to an aromatic ring is 1. The molecule has 3 heterocycles. The standard InChI is InChI=1S/C24H24N8O5.C3H8O2/c25-14-6-8-18(17(10-14)23(33)31-35)36-11-16-7-9-19(37-16)32-13-28-20-21(26-12-27-22(20)32)30-24(34)29-15-4-2-1-3-5-15;1-3(2,4)5/h1-6,8,10,12-13,16,19,35H,7,9,11,25H2,(H,31,33)(H2,26,27,29,30,34);4-5H,1-2H3. The number of nitrogens with two attached hydrogens (primary N) is 1. The predicted molar refractivity (Wildman–Crippen MR) is 152 cm³/mol. The second-order valence-electron chi connectivity index (χ2n) is 9.78. The maximum Gasteiger partial charge on any atom is 0.324 e. The number of imidazole rings is 1. The van der Waals surface area contributed by atoms with Gasteiger partial charge < -0.3 is 30.7 Å². The van der Waals surface area contributed by atoms with Crippen LogP contribution in [-0.2, 0) is 4.74 Å². The summed E-state index contributed by atoms with van der Waals surface area (Å²) >= 11 is 0. The molecule has 4 aromatic rings. The highest BCUT2D eigenvalue weighted by atomic mass is 16.6. The number of anilines is 3. The number of aromatic nitrogens is 4. The number of aliphatic hydroxyl groups is 2. The number of para-hydroxylation sites is 1. The van der Waals surface area contributed by atoms with E-state index in [1.54, 1.807) is 40.6 Å². The van der Waals surface area contributed by atoms with Gasteiger partial charge in [0.15, 0.2) is 22.8 Å². The van der Waals surface area contributed by atoms with Crippen LogP contribution in [0.4, 0.5) is 22.0 Å². The van der Waals surface area contributed by atoms with E-state index in [1.807, 2.05) is 18.2 Å². The molecule has 2 atom stereocenters. The summed E-state index contributed by atoms with van der Waals surface area (Å²) in [6.45, 7) is 2.78. The lowest BCUT2D eigenvalue weighted by Crippen LogP contribution is -2.22. The molecule has 0 radical (unpaired) electrons. The van der Waals surface area contributed by atoms with Crippen LogP contribution in [0.2, 0.25) is 0 Å². The molecule has 1 aliphatic heterocycles. The summed E-state index contributed by atoms with van der Waals surface area (Å²) in [6, 6.07) is 13.2. The van der Waals surface area contributed by atoms with Crippen LogP contribution >= 0.6 is 0 Å². The van der Waals surface area contributed by atoms with Crippen LogP contribution in [0.25, 0.3) is 11.2 Å². The van der Waals surface area contributed by atoms with E-state index in [0.717, 1.165) is 0 Å². The molecule has 15 heteroatoms. The van der Waals surface area contributed by atoms with E-state index in [4.69, 9.17) is 30.6 Å². The zero-order valence-electron chi connectivity index (χ0n) is 22.9. The van der Waals surface area contributed by atoms with Gasteiger partial charge in [0.25, 0.3) is 5.91 Å². The lowest BCUT2D eigenvalue weighted by Gasteiger charge is -2.17. The van der Waals surface area contributed by atoms with Gasteiger partial charge in [0, 0.05) is 11.4 Å². The summed E-state index contributed by atoms with van der Waals surface area (Å²) in [4.78, 5) is 37.2. The van der Waals surface area contributed by atoms with E-state index in [0.29, 0.717) is 35.4 Å².